The Bertz CT molecular complexity index is 933. The van der Waals surface area contributed by atoms with Gasteiger partial charge in [-0.2, -0.15) is 10.2 Å². The molecule has 0 aliphatic rings. The third kappa shape index (κ3) is 4.26. The molecule has 2 aromatic carbocycles. The number of nitrogens with one attached hydrogen (secondary N) is 2. The number of hydrazone groups is 1. The number of carbonyl (C=O) groups excluding carboxylic acids is 1. The Morgan fingerprint density at radius 1 is 1.16 bits per heavy atom. The Balaban J connectivity index is 1.67. The summed E-state index contributed by atoms with van der Waals surface area (Å²) in [6, 6.07) is 14.6. The Hall–Kier alpha value is -2.63. The molecule has 3 rings (SSSR count). The molecule has 5 nitrogen and oxygen atoms in total. The number of aromatic nitrogens is 2. The van der Waals surface area contributed by atoms with E-state index in [1.807, 2.05) is 31.2 Å². The average Bonchev–Trinajstić information content (AvgIpc) is 3.07. The van der Waals surface area contributed by atoms with Gasteiger partial charge in [0.25, 0.3) is 5.91 Å². The highest BCUT2D eigenvalue weighted by Crippen LogP contribution is 2.20. The van der Waals surface area contributed by atoms with Crippen molar-refractivity contribution >= 4 is 35.3 Å². The lowest BCUT2D eigenvalue weighted by Gasteiger charge is -1.99. The van der Waals surface area contributed by atoms with Crippen LogP contribution in [0.5, 0.6) is 0 Å². The lowest BCUT2D eigenvalue weighted by Crippen LogP contribution is -2.18. The molecule has 1 amide bonds. The lowest BCUT2D eigenvalue weighted by atomic mass is 10.1. The molecule has 0 aliphatic carbocycles. The van der Waals surface area contributed by atoms with E-state index in [0.717, 1.165) is 11.1 Å². The SMILES string of the molecule is Cc1ccc(-c2cc(C(=O)N/N=C/c3ccc(Cl)cc3Cl)[nH]n2)cc1. The molecule has 7 heteroatoms. The molecule has 0 aliphatic heterocycles. The van der Waals surface area contributed by atoms with Crippen LogP contribution in [0, 0.1) is 6.92 Å². The minimum Gasteiger partial charge on any atom is -0.272 e. The monoisotopic (exact) mass is 372 g/mol. The summed E-state index contributed by atoms with van der Waals surface area (Å²) in [5.41, 5.74) is 6.17. The first-order chi connectivity index (χ1) is 12.0. The highest BCUT2D eigenvalue weighted by atomic mass is 35.5. The molecule has 0 radical (unpaired) electrons. The number of rotatable bonds is 4. The maximum Gasteiger partial charge on any atom is 0.289 e. The molecule has 3 aromatic rings. The highest BCUT2D eigenvalue weighted by Gasteiger charge is 2.10. The van der Waals surface area contributed by atoms with Gasteiger partial charge in [0.05, 0.1) is 16.9 Å². The number of amides is 1. The second kappa shape index (κ2) is 7.51. The first kappa shape index (κ1) is 17.2. The number of hydrogen-bond acceptors (Lipinski definition) is 3. The minimum absolute atomic E-state index is 0.315. The second-order valence-electron chi connectivity index (χ2n) is 5.40. The van der Waals surface area contributed by atoms with Crippen LogP contribution in [-0.2, 0) is 0 Å². The summed E-state index contributed by atoms with van der Waals surface area (Å²) in [7, 11) is 0. The minimum atomic E-state index is -0.396. The van der Waals surface area contributed by atoms with Crippen LogP contribution in [0.2, 0.25) is 10.0 Å². The third-order valence-corrected chi connectivity index (χ3v) is 4.06. The van der Waals surface area contributed by atoms with Crippen molar-refractivity contribution in [2.45, 2.75) is 6.92 Å². The number of benzene rings is 2. The Labute approximate surface area is 154 Å². The molecule has 2 N–H and O–H groups in total. The van der Waals surface area contributed by atoms with Gasteiger partial charge in [-0.25, -0.2) is 5.43 Å². The summed E-state index contributed by atoms with van der Waals surface area (Å²) in [6.07, 6.45) is 1.45. The van der Waals surface area contributed by atoms with E-state index in [1.165, 1.54) is 6.21 Å². The van der Waals surface area contributed by atoms with Crippen LogP contribution in [0.25, 0.3) is 11.3 Å². The van der Waals surface area contributed by atoms with Crippen LogP contribution in [0.15, 0.2) is 53.6 Å². The highest BCUT2D eigenvalue weighted by molar-refractivity contribution is 6.36. The van der Waals surface area contributed by atoms with Crippen LogP contribution in [0.4, 0.5) is 0 Å². The topological polar surface area (TPSA) is 70.1 Å². The predicted molar refractivity (Wildman–Crippen MR) is 100 cm³/mol. The molecule has 0 saturated carbocycles. The average molecular weight is 373 g/mol. The normalized spacial score (nSPS) is 11.0. The predicted octanol–water partition coefficient (Wildman–Crippen LogP) is 4.46. The van der Waals surface area contributed by atoms with E-state index in [9.17, 15) is 4.79 Å². The lowest BCUT2D eigenvalue weighted by molar-refractivity contribution is 0.0950. The van der Waals surface area contributed by atoms with Crippen LogP contribution in [0.3, 0.4) is 0 Å². The number of hydrogen-bond donors (Lipinski definition) is 2. The summed E-state index contributed by atoms with van der Waals surface area (Å²) < 4.78 is 0. The second-order valence-corrected chi connectivity index (χ2v) is 6.24. The maximum absolute atomic E-state index is 12.1. The van der Waals surface area contributed by atoms with E-state index >= 15 is 0 Å². The number of carbonyl (C=O) groups is 1. The van der Waals surface area contributed by atoms with Crippen molar-refractivity contribution in [1.82, 2.24) is 15.6 Å². The van der Waals surface area contributed by atoms with Gasteiger partial charge in [0, 0.05) is 16.1 Å². The number of halogens is 2. The zero-order valence-electron chi connectivity index (χ0n) is 13.3. The van der Waals surface area contributed by atoms with Crippen LogP contribution >= 0.6 is 23.2 Å². The quantitative estimate of drug-likeness (QED) is 0.524. The van der Waals surface area contributed by atoms with Crippen molar-refractivity contribution in [3.05, 3.63) is 75.4 Å². The summed E-state index contributed by atoms with van der Waals surface area (Å²) in [5.74, 6) is -0.396. The van der Waals surface area contributed by atoms with Gasteiger partial charge in [-0.1, -0.05) is 59.1 Å². The summed E-state index contributed by atoms with van der Waals surface area (Å²) in [5, 5.41) is 11.7. The molecule has 0 unspecified atom stereocenters. The van der Waals surface area contributed by atoms with Crippen LogP contribution in [0.1, 0.15) is 21.6 Å². The smallest absolute Gasteiger partial charge is 0.272 e. The van der Waals surface area contributed by atoms with E-state index in [0.29, 0.717) is 27.0 Å². The van der Waals surface area contributed by atoms with Gasteiger partial charge in [-0.15, -0.1) is 0 Å². The molecule has 25 heavy (non-hydrogen) atoms. The number of nitrogens with zero attached hydrogens (tertiary/aromatic N) is 2. The van der Waals surface area contributed by atoms with Gasteiger partial charge in [0.2, 0.25) is 0 Å². The van der Waals surface area contributed by atoms with Crippen LogP contribution < -0.4 is 5.43 Å². The molecule has 1 heterocycles. The fourth-order valence-electron chi connectivity index (χ4n) is 2.14. The van der Waals surface area contributed by atoms with Crippen molar-refractivity contribution in [1.29, 1.82) is 0 Å². The van der Waals surface area contributed by atoms with Crippen molar-refractivity contribution in [3.8, 4) is 11.3 Å². The van der Waals surface area contributed by atoms with Crippen molar-refractivity contribution in [2.24, 2.45) is 5.10 Å². The molecule has 0 atom stereocenters. The van der Waals surface area contributed by atoms with Gasteiger partial charge in [0.1, 0.15) is 5.69 Å². The summed E-state index contributed by atoms with van der Waals surface area (Å²) in [6.45, 7) is 2.01. The molecule has 0 fully saturated rings. The molecule has 0 spiro atoms. The molecular formula is C18H14Cl2N4O. The van der Waals surface area contributed by atoms with Crippen molar-refractivity contribution in [3.63, 3.8) is 0 Å². The molecule has 0 saturated heterocycles. The standard InChI is InChI=1S/C18H14Cl2N4O/c1-11-2-4-12(5-3-11)16-9-17(23-22-16)18(25)24-21-10-13-6-7-14(19)8-15(13)20/h2-10H,1H3,(H,22,23)(H,24,25)/b21-10+. The van der Waals surface area contributed by atoms with Gasteiger partial charge in [-0.3, -0.25) is 9.89 Å². The van der Waals surface area contributed by atoms with Gasteiger partial charge in [-0.05, 0) is 25.1 Å². The molecule has 126 valence electrons. The maximum atomic E-state index is 12.1. The van der Waals surface area contributed by atoms with Crippen molar-refractivity contribution in [2.75, 3.05) is 0 Å². The fourth-order valence-corrected chi connectivity index (χ4v) is 2.59. The Morgan fingerprint density at radius 2 is 1.92 bits per heavy atom. The Kier molecular flexibility index (Phi) is 5.16. The molecule has 0 bridgehead atoms. The Morgan fingerprint density at radius 3 is 2.64 bits per heavy atom. The van der Waals surface area contributed by atoms with Gasteiger partial charge in [0.15, 0.2) is 0 Å². The van der Waals surface area contributed by atoms with E-state index in [2.05, 4.69) is 20.7 Å². The third-order valence-electron chi connectivity index (χ3n) is 3.50. The first-order valence-electron chi connectivity index (χ1n) is 7.44. The van der Waals surface area contributed by atoms with Crippen LogP contribution in [-0.4, -0.2) is 22.3 Å². The number of aromatic amines is 1. The van der Waals surface area contributed by atoms with Crippen molar-refractivity contribution < 1.29 is 4.79 Å². The van der Waals surface area contributed by atoms with Gasteiger partial charge < -0.3 is 0 Å². The van der Waals surface area contributed by atoms with E-state index < -0.39 is 5.91 Å². The largest absolute Gasteiger partial charge is 0.289 e. The molecular weight excluding hydrogens is 359 g/mol. The zero-order valence-corrected chi connectivity index (χ0v) is 14.8. The first-order valence-corrected chi connectivity index (χ1v) is 8.19. The van der Waals surface area contributed by atoms with Gasteiger partial charge >= 0.3 is 0 Å². The molecule has 1 aromatic heterocycles. The van der Waals surface area contributed by atoms with E-state index in [4.69, 9.17) is 23.2 Å². The summed E-state index contributed by atoms with van der Waals surface area (Å²) in [4.78, 5) is 12.1. The van der Waals surface area contributed by atoms with E-state index in [1.54, 1.807) is 24.3 Å². The summed E-state index contributed by atoms with van der Waals surface area (Å²) >= 11 is 11.9. The zero-order chi connectivity index (χ0) is 17.8. The number of H-pyrrole nitrogens is 1. The van der Waals surface area contributed by atoms with E-state index in [-0.39, 0.29) is 0 Å². The number of aryl methyl sites for hydroxylation is 1. The fraction of sp³-hybridized carbons (Fsp3) is 0.0556.